The highest BCUT2D eigenvalue weighted by Gasteiger charge is 2.25. The highest BCUT2D eigenvalue weighted by molar-refractivity contribution is 7.91. The molecular formula is C10H14ClN3O4S2. The summed E-state index contributed by atoms with van der Waals surface area (Å²) in [6.45, 7) is 1.03. The Morgan fingerprint density at radius 1 is 1.45 bits per heavy atom. The smallest absolute Gasteiger partial charge is 0.300 e. The van der Waals surface area contributed by atoms with E-state index in [1.807, 2.05) is 0 Å². The summed E-state index contributed by atoms with van der Waals surface area (Å²) >= 11 is 6.33. The van der Waals surface area contributed by atoms with Crippen LogP contribution in [0, 0.1) is 10.1 Å². The lowest BCUT2D eigenvalue weighted by molar-refractivity contribution is -0.384. The standard InChI is InChI=1S/C10H14ClN3O4S2/c11-10-8(14(15)16)6-9(19-10)20(17,18)13-5-1-4-12-7-2-3-7/h6-7,12-13H,1-5H2. The Balaban J connectivity index is 1.88. The zero-order chi connectivity index (χ0) is 14.8. The molecule has 0 saturated heterocycles. The van der Waals surface area contributed by atoms with Crippen molar-refractivity contribution in [2.75, 3.05) is 13.1 Å². The molecule has 1 fully saturated rings. The van der Waals surface area contributed by atoms with Gasteiger partial charge in [-0.05, 0) is 25.8 Å². The van der Waals surface area contributed by atoms with E-state index in [1.165, 1.54) is 12.8 Å². The maximum absolute atomic E-state index is 11.9. The topological polar surface area (TPSA) is 101 Å². The Bertz CT molecular complexity index is 598. The monoisotopic (exact) mass is 339 g/mol. The predicted molar refractivity (Wildman–Crippen MR) is 76.8 cm³/mol. The van der Waals surface area contributed by atoms with Gasteiger partial charge in [-0.3, -0.25) is 10.1 Å². The minimum absolute atomic E-state index is 0.134. The van der Waals surface area contributed by atoms with E-state index in [-0.39, 0.29) is 20.8 Å². The zero-order valence-corrected chi connectivity index (χ0v) is 12.9. The van der Waals surface area contributed by atoms with Crippen LogP contribution in [0.1, 0.15) is 19.3 Å². The van der Waals surface area contributed by atoms with Crippen molar-refractivity contribution in [1.29, 1.82) is 0 Å². The molecule has 2 N–H and O–H groups in total. The maximum Gasteiger partial charge on any atom is 0.300 e. The SMILES string of the molecule is O=[N+]([O-])c1cc(S(=O)(=O)NCCCNC2CC2)sc1Cl. The molecule has 1 saturated carbocycles. The number of hydrogen-bond acceptors (Lipinski definition) is 6. The molecule has 0 atom stereocenters. The van der Waals surface area contributed by atoms with Crippen LogP contribution in [0.5, 0.6) is 0 Å². The first-order valence-electron chi connectivity index (χ1n) is 6.07. The van der Waals surface area contributed by atoms with Gasteiger partial charge >= 0.3 is 0 Å². The second-order valence-electron chi connectivity index (χ2n) is 4.46. The van der Waals surface area contributed by atoms with Crippen molar-refractivity contribution >= 4 is 38.6 Å². The molecule has 112 valence electrons. The first-order valence-corrected chi connectivity index (χ1v) is 8.74. The van der Waals surface area contributed by atoms with Gasteiger partial charge in [0.2, 0.25) is 10.0 Å². The van der Waals surface area contributed by atoms with Crippen LogP contribution in [0.25, 0.3) is 0 Å². The van der Waals surface area contributed by atoms with E-state index >= 15 is 0 Å². The number of rotatable bonds is 8. The Morgan fingerprint density at radius 3 is 2.70 bits per heavy atom. The molecule has 10 heteroatoms. The summed E-state index contributed by atoms with van der Waals surface area (Å²) < 4.78 is 26.0. The van der Waals surface area contributed by atoms with Crippen LogP contribution < -0.4 is 10.0 Å². The molecular weight excluding hydrogens is 326 g/mol. The Kier molecular flexibility index (Phi) is 4.97. The van der Waals surface area contributed by atoms with Gasteiger partial charge in [0.05, 0.1) is 4.92 Å². The van der Waals surface area contributed by atoms with E-state index in [9.17, 15) is 18.5 Å². The van der Waals surface area contributed by atoms with Crippen LogP contribution >= 0.6 is 22.9 Å². The quantitative estimate of drug-likeness (QED) is 0.426. The summed E-state index contributed by atoms with van der Waals surface area (Å²) in [7, 11) is -3.73. The average Bonchev–Trinajstić information content (AvgIpc) is 3.09. The largest absolute Gasteiger partial charge is 0.314 e. The lowest BCUT2D eigenvalue weighted by Crippen LogP contribution is -2.27. The van der Waals surface area contributed by atoms with Gasteiger partial charge in [-0.25, -0.2) is 13.1 Å². The number of nitro groups is 1. The van der Waals surface area contributed by atoms with Gasteiger partial charge in [-0.1, -0.05) is 11.6 Å². The molecule has 7 nitrogen and oxygen atoms in total. The van der Waals surface area contributed by atoms with Crippen LogP contribution in [-0.4, -0.2) is 32.5 Å². The number of sulfonamides is 1. The van der Waals surface area contributed by atoms with E-state index < -0.39 is 14.9 Å². The van der Waals surface area contributed by atoms with Gasteiger partial charge in [0.25, 0.3) is 5.69 Å². The summed E-state index contributed by atoms with van der Waals surface area (Å²) in [6.07, 6.45) is 3.03. The number of hydrogen-bond donors (Lipinski definition) is 2. The highest BCUT2D eigenvalue weighted by Crippen LogP contribution is 2.36. The summed E-state index contributed by atoms with van der Waals surface area (Å²) in [5, 5.41) is 13.9. The van der Waals surface area contributed by atoms with Gasteiger partial charge < -0.3 is 5.32 Å². The third-order valence-corrected chi connectivity index (χ3v) is 6.04. The molecule has 1 aromatic heterocycles. The minimum Gasteiger partial charge on any atom is -0.314 e. The molecule has 2 rings (SSSR count). The van der Waals surface area contributed by atoms with Crippen LogP contribution in [-0.2, 0) is 10.0 Å². The fourth-order valence-electron chi connectivity index (χ4n) is 1.56. The first kappa shape index (κ1) is 15.6. The normalized spacial score (nSPS) is 15.4. The highest BCUT2D eigenvalue weighted by atomic mass is 35.5. The lowest BCUT2D eigenvalue weighted by Gasteiger charge is -2.05. The molecule has 0 radical (unpaired) electrons. The lowest BCUT2D eigenvalue weighted by atomic mass is 10.4. The molecule has 1 heterocycles. The molecule has 0 aliphatic heterocycles. The molecule has 20 heavy (non-hydrogen) atoms. The minimum atomic E-state index is -3.73. The Morgan fingerprint density at radius 2 is 2.15 bits per heavy atom. The summed E-state index contributed by atoms with van der Waals surface area (Å²) in [6, 6.07) is 1.57. The van der Waals surface area contributed by atoms with Crippen molar-refractivity contribution in [2.24, 2.45) is 0 Å². The molecule has 0 amide bonds. The fraction of sp³-hybridized carbons (Fsp3) is 0.600. The number of nitrogens with zero attached hydrogens (tertiary/aromatic N) is 1. The summed E-state index contributed by atoms with van der Waals surface area (Å²) in [4.78, 5) is 9.94. The van der Waals surface area contributed by atoms with E-state index in [0.29, 0.717) is 23.8 Å². The van der Waals surface area contributed by atoms with Gasteiger partial charge in [-0.15, -0.1) is 11.3 Å². The number of nitrogens with one attached hydrogen (secondary N) is 2. The molecule has 0 unspecified atom stereocenters. The first-order chi connectivity index (χ1) is 9.40. The molecule has 1 aliphatic carbocycles. The van der Waals surface area contributed by atoms with E-state index in [1.54, 1.807) is 0 Å². The Labute approximate surface area is 125 Å². The molecule has 1 aromatic rings. The van der Waals surface area contributed by atoms with E-state index in [0.717, 1.165) is 12.6 Å². The second-order valence-corrected chi connectivity index (χ2v) is 8.11. The maximum atomic E-state index is 11.9. The average molecular weight is 340 g/mol. The molecule has 1 aliphatic rings. The van der Waals surface area contributed by atoms with Gasteiger partial charge in [-0.2, -0.15) is 0 Å². The number of thiophene rings is 1. The van der Waals surface area contributed by atoms with Crippen molar-refractivity contribution in [2.45, 2.75) is 29.5 Å². The van der Waals surface area contributed by atoms with Crippen LogP contribution in [0.2, 0.25) is 4.34 Å². The molecule has 0 bridgehead atoms. The van der Waals surface area contributed by atoms with Crippen LogP contribution in [0.3, 0.4) is 0 Å². The van der Waals surface area contributed by atoms with Crippen molar-refractivity contribution in [3.8, 4) is 0 Å². The third kappa shape index (κ3) is 4.13. The van der Waals surface area contributed by atoms with Crippen LogP contribution in [0.15, 0.2) is 10.3 Å². The Hall–Kier alpha value is -0.740. The van der Waals surface area contributed by atoms with E-state index in [4.69, 9.17) is 11.6 Å². The number of halogens is 1. The van der Waals surface area contributed by atoms with Crippen molar-refractivity contribution in [1.82, 2.24) is 10.0 Å². The van der Waals surface area contributed by atoms with Gasteiger partial charge in [0.15, 0.2) is 4.34 Å². The van der Waals surface area contributed by atoms with Crippen molar-refractivity contribution < 1.29 is 13.3 Å². The van der Waals surface area contributed by atoms with Crippen LogP contribution in [0.4, 0.5) is 5.69 Å². The summed E-state index contributed by atoms with van der Waals surface area (Å²) in [5.74, 6) is 0. The summed E-state index contributed by atoms with van der Waals surface area (Å²) in [5.41, 5.74) is -0.382. The van der Waals surface area contributed by atoms with Gasteiger partial charge in [0.1, 0.15) is 4.21 Å². The predicted octanol–water partition coefficient (Wildman–Crippen LogP) is 1.73. The van der Waals surface area contributed by atoms with Gasteiger partial charge in [0, 0.05) is 18.7 Å². The fourth-order valence-corrected chi connectivity index (χ4v) is 4.34. The van der Waals surface area contributed by atoms with Crippen molar-refractivity contribution in [3.05, 3.63) is 20.5 Å². The van der Waals surface area contributed by atoms with E-state index in [2.05, 4.69) is 10.0 Å². The van der Waals surface area contributed by atoms with Crippen molar-refractivity contribution in [3.63, 3.8) is 0 Å². The third-order valence-electron chi connectivity index (χ3n) is 2.76. The second kappa shape index (κ2) is 6.35. The molecule has 0 aromatic carbocycles. The molecule has 0 spiro atoms. The zero-order valence-electron chi connectivity index (χ0n) is 10.5.